The van der Waals surface area contributed by atoms with Crippen LogP contribution in [0.25, 0.3) is 33.1 Å². The third kappa shape index (κ3) is 3.77. The van der Waals surface area contributed by atoms with E-state index in [9.17, 15) is 4.79 Å². The van der Waals surface area contributed by atoms with Crippen molar-refractivity contribution < 1.29 is 9.53 Å². The number of benzene rings is 2. The molecule has 7 heteroatoms. The van der Waals surface area contributed by atoms with Crippen molar-refractivity contribution >= 4 is 27.7 Å². The average molecular weight is 442 g/mol. The Bertz CT molecular complexity index is 1320. The van der Waals surface area contributed by atoms with Gasteiger partial charge in [-0.05, 0) is 62.2 Å². The highest BCUT2D eigenvalue weighted by molar-refractivity contribution is 6.07. The zero-order valence-electron chi connectivity index (χ0n) is 18.6. The molecule has 33 heavy (non-hydrogen) atoms. The number of carbonyl (C=O) groups is 1. The number of pyridine rings is 1. The summed E-state index contributed by atoms with van der Waals surface area (Å²) >= 11 is 0. The molecular formula is C26H27N5O2. The van der Waals surface area contributed by atoms with Crippen LogP contribution < -0.4 is 5.32 Å². The van der Waals surface area contributed by atoms with Crippen LogP contribution in [0.1, 0.15) is 34.3 Å². The van der Waals surface area contributed by atoms with Gasteiger partial charge in [0.1, 0.15) is 0 Å². The quantitative estimate of drug-likeness (QED) is 0.494. The average Bonchev–Trinajstić information content (AvgIpc) is 3.55. The molecule has 1 amide bonds. The summed E-state index contributed by atoms with van der Waals surface area (Å²) < 4.78 is 5.82. The molecule has 0 unspecified atom stereocenters. The first-order chi connectivity index (χ1) is 16.3. The zero-order valence-corrected chi connectivity index (χ0v) is 18.6. The molecular weight excluding hydrogens is 414 g/mol. The van der Waals surface area contributed by atoms with E-state index >= 15 is 0 Å². The minimum Gasteiger partial charge on any atom is -0.376 e. The maximum absolute atomic E-state index is 12.6. The van der Waals surface area contributed by atoms with Crippen molar-refractivity contribution in [2.24, 2.45) is 0 Å². The molecule has 6 rings (SSSR count). The normalized spacial score (nSPS) is 16.4. The van der Waals surface area contributed by atoms with Gasteiger partial charge in [-0.25, -0.2) is 4.98 Å². The van der Waals surface area contributed by atoms with Gasteiger partial charge < -0.3 is 15.0 Å². The monoisotopic (exact) mass is 441 g/mol. The number of aromatic amines is 1. The Morgan fingerprint density at radius 2 is 1.94 bits per heavy atom. The van der Waals surface area contributed by atoms with Crippen LogP contribution in [0.4, 0.5) is 0 Å². The fraction of sp³-hybridized carbons (Fsp3) is 0.346. The number of hydrogen-bond acceptors (Lipinski definition) is 5. The topological polar surface area (TPSA) is 83.1 Å². The summed E-state index contributed by atoms with van der Waals surface area (Å²) in [5.41, 5.74) is 7.00. The van der Waals surface area contributed by atoms with Gasteiger partial charge >= 0.3 is 0 Å². The van der Waals surface area contributed by atoms with E-state index in [0.29, 0.717) is 25.3 Å². The van der Waals surface area contributed by atoms with E-state index in [1.807, 2.05) is 36.5 Å². The van der Waals surface area contributed by atoms with Crippen molar-refractivity contribution in [3.05, 3.63) is 59.3 Å². The minimum absolute atomic E-state index is 0.0278. The van der Waals surface area contributed by atoms with Gasteiger partial charge in [-0.1, -0.05) is 12.1 Å². The second kappa shape index (κ2) is 8.57. The van der Waals surface area contributed by atoms with Crippen LogP contribution in [0.2, 0.25) is 0 Å². The predicted octanol–water partition coefficient (Wildman–Crippen LogP) is 3.68. The summed E-state index contributed by atoms with van der Waals surface area (Å²) in [7, 11) is 0. The molecule has 4 aromatic rings. The van der Waals surface area contributed by atoms with Gasteiger partial charge in [0.2, 0.25) is 0 Å². The number of likely N-dealkylation sites (tertiary alicyclic amines) is 1. The Balaban J connectivity index is 1.29. The molecule has 1 saturated heterocycles. The highest BCUT2D eigenvalue weighted by Crippen LogP contribution is 2.36. The largest absolute Gasteiger partial charge is 0.376 e. The van der Waals surface area contributed by atoms with Crippen molar-refractivity contribution in [3.63, 3.8) is 0 Å². The van der Waals surface area contributed by atoms with Gasteiger partial charge in [-0.15, -0.1) is 0 Å². The van der Waals surface area contributed by atoms with Crippen LogP contribution >= 0.6 is 0 Å². The third-order valence-electron chi connectivity index (χ3n) is 6.86. The summed E-state index contributed by atoms with van der Waals surface area (Å²) in [6, 6.07) is 11.9. The van der Waals surface area contributed by atoms with Crippen molar-refractivity contribution in [1.29, 1.82) is 0 Å². The fourth-order valence-corrected chi connectivity index (χ4v) is 5.13. The third-order valence-corrected chi connectivity index (χ3v) is 6.86. The number of nitrogens with one attached hydrogen (secondary N) is 2. The Labute approximate surface area is 192 Å². The van der Waals surface area contributed by atoms with Gasteiger partial charge in [0.05, 0.1) is 36.1 Å². The molecule has 2 aliphatic rings. The molecule has 0 radical (unpaired) electrons. The van der Waals surface area contributed by atoms with Crippen molar-refractivity contribution in [1.82, 2.24) is 25.4 Å². The molecule has 168 valence electrons. The first kappa shape index (κ1) is 20.3. The lowest BCUT2D eigenvalue weighted by atomic mass is 9.92. The Morgan fingerprint density at radius 3 is 2.79 bits per heavy atom. The number of aromatic nitrogens is 3. The lowest BCUT2D eigenvalue weighted by molar-refractivity contribution is 0.0949. The Kier molecular flexibility index (Phi) is 5.28. The summed E-state index contributed by atoms with van der Waals surface area (Å²) in [5, 5.41) is 12.6. The lowest BCUT2D eigenvalue weighted by Crippen LogP contribution is -2.33. The number of nitrogens with zero attached hydrogens (tertiary/aromatic N) is 3. The molecule has 2 N–H and O–H groups in total. The Hall–Kier alpha value is -3.29. The van der Waals surface area contributed by atoms with Crippen molar-refractivity contribution in [3.8, 4) is 11.3 Å². The number of fused-ring (bicyclic) bond motifs is 5. The van der Waals surface area contributed by atoms with E-state index in [0.717, 1.165) is 64.7 Å². The maximum atomic E-state index is 12.6. The SMILES string of the molecule is O=C(NCCN1CCCC1)c1ccc(-c2nc3ccc4[nH]ncc4c3c3c2COCC3)cc1. The molecule has 7 nitrogen and oxygen atoms in total. The standard InChI is InChI=1S/C26H27N5O2/c32-26(27-10-13-31-11-1-2-12-31)18-5-3-17(4-6-18)25-21-16-33-14-9-19(21)24-20-15-28-30-22(20)7-8-23(24)29-25/h3-8,15H,1-2,9-14,16H2,(H,27,32)(H,28,30). The number of hydrogen-bond donors (Lipinski definition) is 2. The molecule has 2 aliphatic heterocycles. The van der Waals surface area contributed by atoms with E-state index in [1.165, 1.54) is 18.4 Å². The minimum atomic E-state index is -0.0278. The van der Waals surface area contributed by atoms with Gasteiger partial charge in [0.25, 0.3) is 5.91 Å². The molecule has 2 aromatic carbocycles. The van der Waals surface area contributed by atoms with Crippen LogP contribution in [0, 0.1) is 0 Å². The molecule has 0 saturated carbocycles. The highest BCUT2D eigenvalue weighted by Gasteiger charge is 2.22. The van der Waals surface area contributed by atoms with Crippen molar-refractivity contribution in [2.75, 3.05) is 32.8 Å². The lowest BCUT2D eigenvalue weighted by Gasteiger charge is -2.22. The number of rotatable bonds is 5. The maximum Gasteiger partial charge on any atom is 0.251 e. The van der Waals surface area contributed by atoms with Crippen molar-refractivity contribution in [2.45, 2.75) is 25.9 Å². The van der Waals surface area contributed by atoms with Gasteiger partial charge in [0.15, 0.2) is 0 Å². The summed E-state index contributed by atoms with van der Waals surface area (Å²) in [6.45, 7) is 5.13. The summed E-state index contributed by atoms with van der Waals surface area (Å²) in [4.78, 5) is 20.0. The fourth-order valence-electron chi connectivity index (χ4n) is 5.13. The second-order valence-corrected chi connectivity index (χ2v) is 8.89. The Morgan fingerprint density at radius 1 is 1.09 bits per heavy atom. The van der Waals surface area contributed by atoms with Crippen LogP contribution in [0.15, 0.2) is 42.6 Å². The number of carbonyl (C=O) groups excluding carboxylic acids is 1. The number of H-pyrrole nitrogens is 1. The summed E-state index contributed by atoms with van der Waals surface area (Å²) in [5.74, 6) is -0.0278. The first-order valence-corrected chi connectivity index (χ1v) is 11.7. The van der Waals surface area contributed by atoms with Crippen LogP contribution in [-0.4, -0.2) is 58.8 Å². The summed E-state index contributed by atoms with van der Waals surface area (Å²) in [6.07, 6.45) is 5.26. The van der Waals surface area contributed by atoms with E-state index in [2.05, 4.69) is 26.5 Å². The number of ether oxygens (including phenoxy) is 1. The molecule has 0 atom stereocenters. The smallest absolute Gasteiger partial charge is 0.251 e. The first-order valence-electron chi connectivity index (χ1n) is 11.7. The molecule has 0 spiro atoms. The van der Waals surface area contributed by atoms with Crippen LogP contribution in [0.3, 0.4) is 0 Å². The van der Waals surface area contributed by atoms with Gasteiger partial charge in [-0.2, -0.15) is 5.10 Å². The highest BCUT2D eigenvalue weighted by atomic mass is 16.5. The van der Waals surface area contributed by atoms with Crippen LogP contribution in [0.5, 0.6) is 0 Å². The van der Waals surface area contributed by atoms with Gasteiger partial charge in [0, 0.05) is 40.6 Å². The van der Waals surface area contributed by atoms with Crippen LogP contribution in [-0.2, 0) is 17.8 Å². The molecule has 0 aliphatic carbocycles. The molecule has 2 aromatic heterocycles. The van der Waals surface area contributed by atoms with E-state index < -0.39 is 0 Å². The molecule has 1 fully saturated rings. The molecule has 0 bridgehead atoms. The predicted molar refractivity (Wildman–Crippen MR) is 128 cm³/mol. The van der Waals surface area contributed by atoms with E-state index in [-0.39, 0.29) is 5.91 Å². The second-order valence-electron chi connectivity index (χ2n) is 8.89. The zero-order chi connectivity index (χ0) is 22.2. The van der Waals surface area contributed by atoms with E-state index in [1.54, 1.807) is 0 Å². The number of amides is 1. The molecule has 4 heterocycles. The van der Waals surface area contributed by atoms with Gasteiger partial charge in [-0.3, -0.25) is 9.89 Å². The van der Waals surface area contributed by atoms with E-state index in [4.69, 9.17) is 9.72 Å².